The lowest BCUT2D eigenvalue weighted by molar-refractivity contribution is -0.154. The number of carboxylic acids is 1. The zero-order valence-electron chi connectivity index (χ0n) is 10.2. The fourth-order valence-corrected chi connectivity index (χ4v) is 1.59. The Morgan fingerprint density at radius 1 is 1.59 bits per heavy atom. The van der Waals surface area contributed by atoms with Crippen LogP contribution in [0.5, 0.6) is 0 Å². The van der Waals surface area contributed by atoms with Gasteiger partial charge >= 0.3 is 12.0 Å². The molecule has 1 rings (SSSR count). The molecule has 0 radical (unpaired) electrons. The number of amides is 2. The Bertz CT molecular complexity index is 285. The van der Waals surface area contributed by atoms with E-state index in [9.17, 15) is 9.59 Å². The van der Waals surface area contributed by atoms with Crippen molar-refractivity contribution in [3.8, 4) is 0 Å². The summed E-state index contributed by atoms with van der Waals surface area (Å²) in [5, 5.41) is 11.8. The largest absolute Gasteiger partial charge is 0.479 e. The smallest absolute Gasteiger partial charge is 0.334 e. The molecule has 2 N–H and O–H groups in total. The van der Waals surface area contributed by atoms with Gasteiger partial charge in [-0.2, -0.15) is 0 Å². The number of nitrogens with zero attached hydrogens (tertiary/aromatic N) is 2. The molecule has 0 bridgehead atoms. The van der Waals surface area contributed by atoms with Crippen molar-refractivity contribution in [2.45, 2.75) is 6.10 Å². The zero-order valence-corrected chi connectivity index (χ0v) is 10.2. The van der Waals surface area contributed by atoms with Crippen molar-refractivity contribution in [3.63, 3.8) is 0 Å². The summed E-state index contributed by atoms with van der Waals surface area (Å²) in [5.41, 5.74) is 0. The van der Waals surface area contributed by atoms with Crippen LogP contribution in [0.4, 0.5) is 4.79 Å². The number of urea groups is 1. The maximum atomic E-state index is 11.9. The SMILES string of the molecule is CNCCN(C)C(=O)N1CCOC(C(=O)O)C1. The number of aliphatic carboxylic acids is 1. The van der Waals surface area contributed by atoms with E-state index < -0.39 is 12.1 Å². The summed E-state index contributed by atoms with van der Waals surface area (Å²) in [5.74, 6) is -1.03. The van der Waals surface area contributed by atoms with Gasteiger partial charge in [0.25, 0.3) is 0 Å². The van der Waals surface area contributed by atoms with E-state index in [1.807, 2.05) is 7.05 Å². The average molecular weight is 245 g/mol. The van der Waals surface area contributed by atoms with E-state index in [0.29, 0.717) is 19.6 Å². The van der Waals surface area contributed by atoms with Gasteiger partial charge in [0.1, 0.15) is 0 Å². The fourth-order valence-electron chi connectivity index (χ4n) is 1.59. The topological polar surface area (TPSA) is 82.1 Å². The highest BCUT2D eigenvalue weighted by molar-refractivity contribution is 5.77. The summed E-state index contributed by atoms with van der Waals surface area (Å²) in [4.78, 5) is 25.8. The third kappa shape index (κ3) is 3.86. The highest BCUT2D eigenvalue weighted by Crippen LogP contribution is 2.07. The number of morpholine rings is 1. The molecule has 1 heterocycles. The minimum atomic E-state index is -1.03. The molecule has 98 valence electrons. The first-order chi connectivity index (χ1) is 8.06. The van der Waals surface area contributed by atoms with Gasteiger partial charge < -0.3 is 25.0 Å². The predicted molar refractivity (Wildman–Crippen MR) is 60.9 cm³/mol. The highest BCUT2D eigenvalue weighted by Gasteiger charge is 2.30. The zero-order chi connectivity index (χ0) is 12.8. The Kier molecular flexibility index (Phi) is 5.17. The number of carboxylic acid groups (broad SMARTS) is 1. The molecule has 1 fully saturated rings. The lowest BCUT2D eigenvalue weighted by atomic mass is 10.3. The second kappa shape index (κ2) is 6.41. The maximum absolute atomic E-state index is 11.9. The van der Waals surface area contributed by atoms with Crippen molar-refractivity contribution in [1.82, 2.24) is 15.1 Å². The number of likely N-dealkylation sites (N-methyl/N-ethyl adjacent to an activating group) is 2. The first kappa shape index (κ1) is 13.7. The van der Waals surface area contributed by atoms with Gasteiger partial charge in [0.15, 0.2) is 6.10 Å². The number of carbonyl (C=O) groups is 2. The average Bonchev–Trinajstić information content (AvgIpc) is 2.35. The van der Waals surface area contributed by atoms with E-state index >= 15 is 0 Å². The van der Waals surface area contributed by atoms with Crippen molar-refractivity contribution in [1.29, 1.82) is 0 Å². The summed E-state index contributed by atoms with van der Waals surface area (Å²) in [6, 6.07) is -0.158. The van der Waals surface area contributed by atoms with Gasteiger partial charge in [-0.15, -0.1) is 0 Å². The molecule has 1 aliphatic rings. The minimum absolute atomic E-state index is 0.109. The minimum Gasteiger partial charge on any atom is -0.479 e. The lowest BCUT2D eigenvalue weighted by Crippen LogP contribution is -2.52. The normalized spacial score (nSPS) is 20.1. The number of hydrogen-bond donors (Lipinski definition) is 2. The van der Waals surface area contributed by atoms with Crippen molar-refractivity contribution in [3.05, 3.63) is 0 Å². The van der Waals surface area contributed by atoms with Gasteiger partial charge in [-0.25, -0.2) is 9.59 Å². The number of carbonyl (C=O) groups excluding carboxylic acids is 1. The van der Waals surface area contributed by atoms with Crippen LogP contribution in [0.1, 0.15) is 0 Å². The van der Waals surface area contributed by atoms with Crippen LogP contribution in [-0.2, 0) is 9.53 Å². The summed E-state index contributed by atoms with van der Waals surface area (Å²) < 4.78 is 5.06. The number of ether oxygens (including phenoxy) is 1. The van der Waals surface area contributed by atoms with Gasteiger partial charge in [-0.05, 0) is 7.05 Å². The van der Waals surface area contributed by atoms with E-state index in [-0.39, 0.29) is 19.2 Å². The summed E-state index contributed by atoms with van der Waals surface area (Å²) in [6.07, 6.45) is -0.912. The predicted octanol–water partition coefficient (Wildman–Crippen LogP) is -0.957. The molecule has 7 nitrogen and oxygen atoms in total. The number of rotatable bonds is 4. The van der Waals surface area contributed by atoms with Gasteiger partial charge in [0.05, 0.1) is 13.2 Å². The molecule has 2 amide bonds. The second-order valence-corrected chi connectivity index (χ2v) is 3.95. The van der Waals surface area contributed by atoms with Crippen LogP contribution in [0, 0.1) is 0 Å². The van der Waals surface area contributed by atoms with Crippen LogP contribution in [0.2, 0.25) is 0 Å². The van der Waals surface area contributed by atoms with Gasteiger partial charge in [0, 0.05) is 26.7 Å². The quantitative estimate of drug-likeness (QED) is 0.667. The molecule has 1 atom stereocenters. The van der Waals surface area contributed by atoms with Crippen LogP contribution in [-0.4, -0.2) is 79.9 Å². The standard InChI is InChI=1S/C10H19N3O4/c1-11-3-4-12(2)10(16)13-5-6-17-8(7-13)9(14)15/h8,11H,3-7H2,1-2H3,(H,14,15). The molecule has 17 heavy (non-hydrogen) atoms. The Labute approximate surface area is 100 Å². The Morgan fingerprint density at radius 2 is 2.29 bits per heavy atom. The van der Waals surface area contributed by atoms with Crippen molar-refractivity contribution in [2.75, 3.05) is 46.9 Å². The number of hydrogen-bond acceptors (Lipinski definition) is 4. The molecular weight excluding hydrogens is 226 g/mol. The lowest BCUT2D eigenvalue weighted by Gasteiger charge is -2.33. The molecule has 0 aromatic carbocycles. The van der Waals surface area contributed by atoms with Crippen molar-refractivity contribution >= 4 is 12.0 Å². The van der Waals surface area contributed by atoms with Crippen molar-refractivity contribution in [2.24, 2.45) is 0 Å². The fraction of sp³-hybridized carbons (Fsp3) is 0.800. The van der Waals surface area contributed by atoms with Crippen LogP contribution in [0.15, 0.2) is 0 Å². The maximum Gasteiger partial charge on any atom is 0.334 e. The summed E-state index contributed by atoms with van der Waals surface area (Å²) in [7, 11) is 3.51. The monoisotopic (exact) mass is 245 g/mol. The van der Waals surface area contributed by atoms with E-state index in [2.05, 4.69) is 5.32 Å². The third-order valence-corrected chi connectivity index (χ3v) is 2.64. The van der Waals surface area contributed by atoms with Crippen LogP contribution < -0.4 is 5.32 Å². The first-order valence-corrected chi connectivity index (χ1v) is 5.55. The van der Waals surface area contributed by atoms with E-state index in [4.69, 9.17) is 9.84 Å². The van der Waals surface area contributed by atoms with E-state index in [0.717, 1.165) is 0 Å². The third-order valence-electron chi connectivity index (χ3n) is 2.64. The van der Waals surface area contributed by atoms with Gasteiger partial charge in [-0.3, -0.25) is 0 Å². The first-order valence-electron chi connectivity index (χ1n) is 5.55. The van der Waals surface area contributed by atoms with E-state index in [1.165, 1.54) is 4.90 Å². The number of nitrogens with one attached hydrogen (secondary N) is 1. The van der Waals surface area contributed by atoms with Gasteiger partial charge in [0.2, 0.25) is 0 Å². The van der Waals surface area contributed by atoms with E-state index in [1.54, 1.807) is 11.9 Å². The molecule has 0 spiro atoms. The molecule has 0 aliphatic carbocycles. The second-order valence-electron chi connectivity index (χ2n) is 3.95. The Hall–Kier alpha value is -1.34. The van der Waals surface area contributed by atoms with Crippen LogP contribution in [0.3, 0.4) is 0 Å². The molecule has 0 saturated carbocycles. The van der Waals surface area contributed by atoms with Crippen LogP contribution >= 0.6 is 0 Å². The Morgan fingerprint density at radius 3 is 2.88 bits per heavy atom. The Balaban J connectivity index is 2.48. The van der Waals surface area contributed by atoms with Crippen LogP contribution in [0.25, 0.3) is 0 Å². The molecule has 1 saturated heterocycles. The van der Waals surface area contributed by atoms with Crippen molar-refractivity contribution < 1.29 is 19.4 Å². The molecule has 0 aromatic heterocycles. The molecule has 1 unspecified atom stereocenters. The summed E-state index contributed by atoms with van der Waals surface area (Å²) in [6.45, 7) is 2.10. The molecular formula is C10H19N3O4. The molecule has 1 aliphatic heterocycles. The highest BCUT2D eigenvalue weighted by atomic mass is 16.5. The molecule has 7 heteroatoms. The van der Waals surface area contributed by atoms with Gasteiger partial charge in [-0.1, -0.05) is 0 Å². The molecule has 0 aromatic rings. The summed E-state index contributed by atoms with van der Waals surface area (Å²) >= 11 is 0.